The Bertz CT molecular complexity index is 310. The van der Waals surface area contributed by atoms with Crippen LogP contribution in [0.2, 0.25) is 0 Å². The molecule has 0 fully saturated rings. The van der Waals surface area contributed by atoms with Crippen molar-refractivity contribution >= 4 is 11.5 Å². The Labute approximate surface area is 55.6 Å². The Kier molecular flexibility index (Phi) is 1.29. The molecule has 0 atom stereocenters. The molecule has 0 amide bonds. The summed E-state index contributed by atoms with van der Waals surface area (Å²) in [6.07, 6.45) is 0. The molecule has 0 aromatic carbocycles. The summed E-state index contributed by atoms with van der Waals surface area (Å²) >= 11 is 0. The molecule has 10 heavy (non-hydrogen) atoms. The lowest BCUT2D eigenvalue weighted by atomic mass is 10.5. The van der Waals surface area contributed by atoms with Gasteiger partial charge in [-0.05, 0) is 5.18 Å². The van der Waals surface area contributed by atoms with E-state index in [0.29, 0.717) is 0 Å². The highest BCUT2D eigenvalue weighted by atomic mass is 16.3. The van der Waals surface area contributed by atoms with Crippen molar-refractivity contribution in [3.8, 4) is 0 Å². The zero-order chi connectivity index (χ0) is 7.72. The highest BCUT2D eigenvalue weighted by Crippen LogP contribution is 2.12. The van der Waals surface area contributed by atoms with Crippen LogP contribution in [0, 0.1) is 4.91 Å². The Morgan fingerprint density at radius 1 is 1.70 bits per heavy atom. The molecule has 0 spiro atoms. The third-order valence-corrected chi connectivity index (χ3v) is 1.18. The summed E-state index contributed by atoms with van der Waals surface area (Å²) in [6, 6.07) is 0. The minimum Gasteiger partial charge on any atom is -0.382 e. The highest BCUT2D eigenvalue weighted by Gasteiger charge is 2.08. The fourth-order valence-corrected chi connectivity index (χ4v) is 0.629. The maximum absolute atomic E-state index is 10.6. The average Bonchev–Trinajstić information content (AvgIpc) is 2.09. The smallest absolute Gasteiger partial charge is 0.295 e. The Morgan fingerprint density at radius 2 is 2.30 bits per heavy atom. The molecule has 6 heteroatoms. The number of H-pyrrole nitrogens is 1. The molecule has 1 aromatic rings. The second kappa shape index (κ2) is 1.98. The Morgan fingerprint density at radius 3 is 2.50 bits per heavy atom. The van der Waals surface area contributed by atoms with Gasteiger partial charge >= 0.3 is 0 Å². The SMILES string of the molecule is Cn1[nH]c(=O)c(N=O)c1N. The zero-order valence-electron chi connectivity index (χ0n) is 5.29. The molecule has 54 valence electrons. The number of rotatable bonds is 1. The molecule has 1 heterocycles. The minimum absolute atomic E-state index is 0.0556. The van der Waals surface area contributed by atoms with Gasteiger partial charge in [0.25, 0.3) is 5.56 Å². The largest absolute Gasteiger partial charge is 0.382 e. The summed E-state index contributed by atoms with van der Waals surface area (Å²) in [5.41, 5.74) is 4.43. The fourth-order valence-electron chi connectivity index (χ4n) is 0.629. The van der Waals surface area contributed by atoms with Crippen molar-refractivity contribution in [2.75, 3.05) is 5.73 Å². The first kappa shape index (κ1) is 6.53. The number of nitrogens with one attached hydrogen (secondary N) is 1. The maximum Gasteiger partial charge on any atom is 0.295 e. The molecule has 0 radical (unpaired) electrons. The number of anilines is 1. The standard InChI is InChI=1S/C4H6N4O2/c1-8-3(5)2(7-10)4(9)6-8/h5H2,1H3,(H,6,9). The number of nitrogen functional groups attached to an aromatic ring is 1. The van der Waals surface area contributed by atoms with Crippen LogP contribution in [-0.2, 0) is 7.05 Å². The lowest BCUT2D eigenvalue weighted by molar-refractivity contribution is 0.767. The molecule has 6 nitrogen and oxygen atoms in total. The van der Waals surface area contributed by atoms with E-state index in [0.717, 1.165) is 0 Å². The van der Waals surface area contributed by atoms with E-state index in [1.54, 1.807) is 0 Å². The van der Waals surface area contributed by atoms with Gasteiger partial charge in [-0.3, -0.25) is 14.6 Å². The summed E-state index contributed by atoms with van der Waals surface area (Å²) in [6.45, 7) is 0. The van der Waals surface area contributed by atoms with E-state index in [1.807, 2.05) is 0 Å². The molecular formula is C4H6N4O2. The van der Waals surface area contributed by atoms with Crippen LogP contribution in [0.5, 0.6) is 0 Å². The van der Waals surface area contributed by atoms with Gasteiger partial charge in [0.1, 0.15) is 0 Å². The first-order valence-electron chi connectivity index (χ1n) is 2.54. The molecule has 3 N–H and O–H groups in total. The van der Waals surface area contributed by atoms with Crippen molar-refractivity contribution in [2.24, 2.45) is 12.2 Å². The maximum atomic E-state index is 10.6. The second-order valence-electron chi connectivity index (χ2n) is 1.83. The monoisotopic (exact) mass is 142 g/mol. The van der Waals surface area contributed by atoms with Gasteiger partial charge < -0.3 is 5.73 Å². The fraction of sp³-hybridized carbons (Fsp3) is 0.250. The molecule has 0 aliphatic rings. The van der Waals surface area contributed by atoms with Gasteiger partial charge in [-0.2, -0.15) is 0 Å². The van der Waals surface area contributed by atoms with Gasteiger partial charge in [-0.25, -0.2) is 0 Å². The van der Waals surface area contributed by atoms with Crippen LogP contribution in [0.25, 0.3) is 0 Å². The van der Waals surface area contributed by atoms with E-state index < -0.39 is 5.56 Å². The summed E-state index contributed by atoms with van der Waals surface area (Å²) < 4.78 is 1.24. The minimum atomic E-state index is -0.560. The average molecular weight is 142 g/mol. The van der Waals surface area contributed by atoms with Gasteiger partial charge in [0.15, 0.2) is 5.82 Å². The summed E-state index contributed by atoms with van der Waals surface area (Å²) in [4.78, 5) is 20.5. The van der Waals surface area contributed by atoms with Crippen molar-refractivity contribution in [3.63, 3.8) is 0 Å². The molecule has 0 bridgehead atoms. The molecule has 1 aromatic heterocycles. The number of nitrogens with zero attached hydrogens (tertiary/aromatic N) is 2. The van der Waals surface area contributed by atoms with Crippen molar-refractivity contribution in [1.82, 2.24) is 9.78 Å². The highest BCUT2D eigenvalue weighted by molar-refractivity contribution is 5.55. The normalized spacial score (nSPS) is 9.70. The second-order valence-corrected chi connectivity index (χ2v) is 1.83. The Hall–Kier alpha value is -1.59. The molecule has 0 unspecified atom stereocenters. The molecule has 0 saturated carbocycles. The van der Waals surface area contributed by atoms with E-state index >= 15 is 0 Å². The first-order valence-corrected chi connectivity index (χ1v) is 2.54. The van der Waals surface area contributed by atoms with Crippen molar-refractivity contribution in [2.45, 2.75) is 0 Å². The predicted octanol–water partition coefficient (Wildman–Crippen LogP) is -0.306. The van der Waals surface area contributed by atoms with Crippen LogP contribution in [0.3, 0.4) is 0 Å². The van der Waals surface area contributed by atoms with Crippen LogP contribution < -0.4 is 11.3 Å². The van der Waals surface area contributed by atoms with Gasteiger partial charge in [-0.1, -0.05) is 0 Å². The molecule has 1 rings (SSSR count). The van der Waals surface area contributed by atoms with Crippen molar-refractivity contribution < 1.29 is 0 Å². The van der Waals surface area contributed by atoms with E-state index in [-0.39, 0.29) is 11.5 Å². The summed E-state index contributed by atoms with van der Waals surface area (Å²) in [5.74, 6) is 0.0556. The van der Waals surface area contributed by atoms with Crippen LogP contribution in [0.15, 0.2) is 9.97 Å². The van der Waals surface area contributed by atoms with Gasteiger partial charge in [0, 0.05) is 7.05 Å². The van der Waals surface area contributed by atoms with Gasteiger partial charge in [0.05, 0.1) is 0 Å². The lowest BCUT2D eigenvalue weighted by Crippen LogP contribution is -2.01. The van der Waals surface area contributed by atoms with Crippen LogP contribution in [0.4, 0.5) is 11.5 Å². The van der Waals surface area contributed by atoms with Crippen LogP contribution >= 0.6 is 0 Å². The first-order chi connectivity index (χ1) is 4.66. The van der Waals surface area contributed by atoms with E-state index in [2.05, 4.69) is 10.3 Å². The summed E-state index contributed by atoms with van der Waals surface area (Å²) in [7, 11) is 1.52. The lowest BCUT2D eigenvalue weighted by Gasteiger charge is -1.90. The third kappa shape index (κ3) is 0.697. The number of aromatic nitrogens is 2. The zero-order valence-corrected chi connectivity index (χ0v) is 5.29. The quantitative estimate of drug-likeness (QED) is 0.527. The van der Waals surface area contributed by atoms with Crippen molar-refractivity contribution in [3.05, 3.63) is 15.3 Å². The van der Waals surface area contributed by atoms with Crippen molar-refractivity contribution in [1.29, 1.82) is 0 Å². The molecular weight excluding hydrogens is 136 g/mol. The predicted molar refractivity (Wildman–Crippen MR) is 35.9 cm³/mol. The number of hydrogen-bond acceptors (Lipinski definition) is 4. The third-order valence-electron chi connectivity index (χ3n) is 1.18. The van der Waals surface area contributed by atoms with E-state index in [1.165, 1.54) is 11.7 Å². The van der Waals surface area contributed by atoms with Crippen LogP contribution in [0.1, 0.15) is 0 Å². The molecule has 0 aliphatic carbocycles. The van der Waals surface area contributed by atoms with E-state index in [4.69, 9.17) is 5.73 Å². The topological polar surface area (TPSA) is 93.2 Å². The van der Waals surface area contributed by atoms with E-state index in [9.17, 15) is 9.70 Å². The number of nitrogens with two attached hydrogens (primary N) is 1. The molecule has 0 aliphatic heterocycles. The molecule has 0 saturated heterocycles. The van der Waals surface area contributed by atoms with Gasteiger partial charge in [0.2, 0.25) is 5.69 Å². The number of aromatic amines is 1. The number of aryl methyl sites for hydroxylation is 1. The summed E-state index contributed by atoms with van der Waals surface area (Å²) in [5, 5.41) is 4.72. The van der Waals surface area contributed by atoms with Gasteiger partial charge in [-0.15, -0.1) is 4.91 Å². The number of nitroso groups, excluding NO2 is 1. The Balaban J connectivity index is 3.48. The van der Waals surface area contributed by atoms with Crippen LogP contribution in [-0.4, -0.2) is 9.78 Å². The number of hydrogen-bond donors (Lipinski definition) is 2.